The molecular weight excluding hydrogens is 190 g/mol. The lowest BCUT2D eigenvalue weighted by Crippen LogP contribution is -2.21. The maximum absolute atomic E-state index is 5.54. The summed E-state index contributed by atoms with van der Waals surface area (Å²) in [5, 5.41) is 11.0. The third-order valence-corrected chi connectivity index (χ3v) is 2.18. The highest BCUT2D eigenvalue weighted by Gasteiger charge is 2.14. The fourth-order valence-corrected chi connectivity index (χ4v) is 1.31. The van der Waals surface area contributed by atoms with Crippen LogP contribution in [0.25, 0.3) is 11.3 Å². The topological polar surface area (TPSA) is 72.5 Å². The van der Waals surface area contributed by atoms with Gasteiger partial charge >= 0.3 is 0 Å². The number of nitrogens with two attached hydrogens (primary N) is 1. The number of hydrogen-bond acceptors (Lipinski definition) is 3. The molecule has 0 aliphatic heterocycles. The minimum atomic E-state index is -0.0101. The van der Waals surface area contributed by atoms with Gasteiger partial charge < -0.3 is 5.73 Å². The predicted molar refractivity (Wildman–Crippen MR) is 59.2 cm³/mol. The summed E-state index contributed by atoms with van der Waals surface area (Å²) in [6, 6.07) is 1.80. The highest BCUT2D eigenvalue weighted by molar-refractivity contribution is 5.60. The van der Waals surface area contributed by atoms with Crippen molar-refractivity contribution in [2.75, 3.05) is 5.73 Å². The minimum Gasteiger partial charge on any atom is -0.382 e. The Balaban J connectivity index is 2.36. The van der Waals surface area contributed by atoms with E-state index >= 15 is 0 Å². The van der Waals surface area contributed by atoms with Gasteiger partial charge in [0.1, 0.15) is 5.82 Å². The second kappa shape index (κ2) is 3.12. The summed E-state index contributed by atoms with van der Waals surface area (Å²) in [6.07, 6.45) is 3.78. The second-order valence-corrected chi connectivity index (χ2v) is 4.55. The van der Waals surface area contributed by atoms with Crippen molar-refractivity contribution < 1.29 is 0 Å². The molecular formula is C10H15N5. The van der Waals surface area contributed by atoms with Gasteiger partial charge in [-0.3, -0.25) is 9.78 Å². The highest BCUT2D eigenvalue weighted by atomic mass is 15.3. The first-order valence-electron chi connectivity index (χ1n) is 4.83. The highest BCUT2D eigenvalue weighted by Crippen LogP contribution is 2.21. The van der Waals surface area contributed by atoms with Crippen LogP contribution in [0.4, 0.5) is 5.82 Å². The largest absolute Gasteiger partial charge is 0.382 e. The summed E-state index contributed by atoms with van der Waals surface area (Å²) >= 11 is 0. The third kappa shape index (κ3) is 1.86. The van der Waals surface area contributed by atoms with Gasteiger partial charge in [-0.05, 0) is 20.8 Å². The zero-order valence-electron chi connectivity index (χ0n) is 9.15. The van der Waals surface area contributed by atoms with Crippen molar-refractivity contribution in [2.24, 2.45) is 0 Å². The molecule has 80 valence electrons. The van der Waals surface area contributed by atoms with Crippen molar-refractivity contribution in [1.82, 2.24) is 20.0 Å². The summed E-state index contributed by atoms with van der Waals surface area (Å²) in [6.45, 7) is 6.31. The van der Waals surface area contributed by atoms with Crippen molar-refractivity contribution in [2.45, 2.75) is 26.3 Å². The van der Waals surface area contributed by atoms with Gasteiger partial charge in [0, 0.05) is 17.8 Å². The molecule has 0 saturated carbocycles. The molecule has 0 radical (unpaired) electrons. The van der Waals surface area contributed by atoms with Gasteiger partial charge in [-0.15, -0.1) is 0 Å². The number of nitrogens with zero attached hydrogens (tertiary/aromatic N) is 3. The van der Waals surface area contributed by atoms with E-state index in [0.717, 1.165) is 11.3 Å². The van der Waals surface area contributed by atoms with Gasteiger partial charge in [0.2, 0.25) is 0 Å². The number of rotatable bonds is 1. The van der Waals surface area contributed by atoms with Crippen LogP contribution in [0.3, 0.4) is 0 Å². The van der Waals surface area contributed by atoms with Gasteiger partial charge in [0.25, 0.3) is 0 Å². The van der Waals surface area contributed by atoms with E-state index in [1.807, 2.05) is 10.9 Å². The molecule has 3 N–H and O–H groups in total. The Morgan fingerprint density at radius 1 is 1.40 bits per heavy atom. The maximum Gasteiger partial charge on any atom is 0.145 e. The Morgan fingerprint density at radius 2 is 2.13 bits per heavy atom. The van der Waals surface area contributed by atoms with E-state index in [2.05, 4.69) is 36.1 Å². The van der Waals surface area contributed by atoms with Gasteiger partial charge in [-0.1, -0.05) is 0 Å². The van der Waals surface area contributed by atoms with E-state index in [9.17, 15) is 0 Å². The number of nitrogens with one attached hydrogen (secondary N) is 1. The Morgan fingerprint density at radius 3 is 2.60 bits per heavy atom. The molecule has 0 aliphatic rings. The fraction of sp³-hybridized carbons (Fsp3) is 0.400. The van der Waals surface area contributed by atoms with Gasteiger partial charge in [0.05, 0.1) is 17.4 Å². The predicted octanol–water partition coefficient (Wildman–Crippen LogP) is 1.61. The molecule has 0 fully saturated rings. The third-order valence-electron chi connectivity index (χ3n) is 2.18. The van der Waals surface area contributed by atoms with E-state index in [1.54, 1.807) is 12.3 Å². The molecule has 0 spiro atoms. The smallest absolute Gasteiger partial charge is 0.145 e. The lowest BCUT2D eigenvalue weighted by molar-refractivity contribution is 0.355. The zero-order chi connectivity index (χ0) is 11.1. The zero-order valence-corrected chi connectivity index (χ0v) is 9.15. The van der Waals surface area contributed by atoms with Crippen LogP contribution in [0.15, 0.2) is 18.5 Å². The van der Waals surface area contributed by atoms with Crippen LogP contribution < -0.4 is 5.73 Å². The van der Waals surface area contributed by atoms with E-state index in [-0.39, 0.29) is 5.54 Å². The first-order chi connectivity index (χ1) is 6.97. The Labute approximate surface area is 88.3 Å². The van der Waals surface area contributed by atoms with Crippen LogP contribution in [0.1, 0.15) is 20.8 Å². The van der Waals surface area contributed by atoms with Crippen LogP contribution in [-0.2, 0) is 5.54 Å². The quantitative estimate of drug-likeness (QED) is 0.742. The molecule has 5 nitrogen and oxygen atoms in total. The molecule has 0 bridgehead atoms. The van der Waals surface area contributed by atoms with Gasteiger partial charge in [-0.2, -0.15) is 10.2 Å². The second-order valence-electron chi connectivity index (χ2n) is 4.55. The fourth-order valence-electron chi connectivity index (χ4n) is 1.31. The first-order valence-corrected chi connectivity index (χ1v) is 4.83. The van der Waals surface area contributed by atoms with Gasteiger partial charge in [0.15, 0.2) is 0 Å². The van der Waals surface area contributed by atoms with Crippen LogP contribution in [0.5, 0.6) is 0 Å². The molecule has 5 heteroatoms. The van der Waals surface area contributed by atoms with Gasteiger partial charge in [-0.25, -0.2) is 0 Å². The average molecular weight is 205 g/mol. The van der Waals surface area contributed by atoms with E-state index in [1.165, 1.54) is 0 Å². The minimum absolute atomic E-state index is 0.0101. The lowest BCUT2D eigenvalue weighted by atomic mass is 10.1. The summed E-state index contributed by atoms with van der Waals surface area (Å²) < 4.78 is 1.92. The number of H-pyrrole nitrogens is 1. The Hall–Kier alpha value is -1.78. The average Bonchev–Trinajstić information content (AvgIpc) is 2.69. The summed E-state index contributed by atoms with van der Waals surface area (Å²) in [4.78, 5) is 0. The monoisotopic (exact) mass is 205 g/mol. The molecule has 15 heavy (non-hydrogen) atoms. The van der Waals surface area contributed by atoms with Crippen LogP contribution in [0, 0.1) is 0 Å². The van der Waals surface area contributed by atoms with Crippen molar-refractivity contribution in [1.29, 1.82) is 0 Å². The molecule has 2 aromatic rings. The Kier molecular flexibility index (Phi) is 2.03. The lowest BCUT2D eigenvalue weighted by Gasteiger charge is -2.18. The number of anilines is 1. The molecule has 0 aliphatic carbocycles. The summed E-state index contributed by atoms with van der Waals surface area (Å²) in [5.41, 5.74) is 7.42. The number of hydrogen-bond donors (Lipinski definition) is 2. The maximum atomic E-state index is 5.54. The van der Waals surface area contributed by atoms with E-state index in [4.69, 9.17) is 5.73 Å². The number of aromatic amines is 1. The van der Waals surface area contributed by atoms with Crippen molar-refractivity contribution in [3.63, 3.8) is 0 Å². The number of nitrogen functional groups attached to an aromatic ring is 1. The molecule has 2 aromatic heterocycles. The normalized spacial score (nSPS) is 11.9. The van der Waals surface area contributed by atoms with E-state index in [0.29, 0.717) is 5.82 Å². The van der Waals surface area contributed by atoms with E-state index < -0.39 is 0 Å². The van der Waals surface area contributed by atoms with Crippen LogP contribution in [0.2, 0.25) is 0 Å². The van der Waals surface area contributed by atoms with Crippen LogP contribution in [-0.4, -0.2) is 20.0 Å². The molecule has 2 heterocycles. The molecule has 0 saturated heterocycles. The molecule has 0 aromatic carbocycles. The standard InChI is InChI=1S/C10H15N5/c1-10(2,3)15-6-7(5-12-15)8-4-9(11)14-13-8/h4-6H,1-3H3,(H3,11,13,14). The summed E-state index contributed by atoms with van der Waals surface area (Å²) in [7, 11) is 0. The molecule has 2 rings (SSSR count). The van der Waals surface area contributed by atoms with Crippen molar-refractivity contribution >= 4 is 5.82 Å². The first kappa shape index (κ1) is 9.76. The molecule has 0 atom stereocenters. The van der Waals surface area contributed by atoms with Crippen LogP contribution >= 0.6 is 0 Å². The Bertz CT molecular complexity index is 460. The van der Waals surface area contributed by atoms with Crippen molar-refractivity contribution in [3.05, 3.63) is 18.5 Å². The summed E-state index contributed by atoms with van der Waals surface area (Å²) in [5.74, 6) is 0.494. The molecule has 0 amide bonds. The molecule has 0 unspecified atom stereocenters. The van der Waals surface area contributed by atoms with Crippen molar-refractivity contribution in [3.8, 4) is 11.3 Å². The SMILES string of the molecule is CC(C)(C)n1cc(-c2cc(N)n[nH]2)cn1. The number of aromatic nitrogens is 4.